The Morgan fingerprint density at radius 2 is 2.05 bits per heavy atom. The monoisotopic (exact) mass is 272 g/mol. The maximum absolute atomic E-state index is 11.5. The zero-order valence-electron chi connectivity index (χ0n) is 11.8. The van der Waals surface area contributed by atoms with Gasteiger partial charge in [0, 0.05) is 5.56 Å². The minimum Gasteiger partial charge on any atom is -0.298 e. The van der Waals surface area contributed by atoms with E-state index in [4.69, 9.17) is 6.42 Å². The van der Waals surface area contributed by atoms with Gasteiger partial charge in [-0.15, -0.1) is 6.42 Å². The lowest BCUT2D eigenvalue weighted by molar-refractivity contribution is 0.112. The predicted octanol–water partition coefficient (Wildman–Crippen LogP) is 4.32. The maximum Gasteiger partial charge on any atom is 0.150 e. The Morgan fingerprint density at radius 3 is 2.76 bits per heavy atom. The molecular weight excluding hydrogens is 256 g/mol. The van der Waals surface area contributed by atoms with Crippen molar-refractivity contribution < 1.29 is 4.79 Å². The van der Waals surface area contributed by atoms with Crippen LogP contribution in [0.15, 0.2) is 42.5 Å². The zero-order chi connectivity index (χ0) is 14.4. The number of fused-ring (bicyclic) bond motifs is 5. The molecule has 1 fully saturated rings. The molecule has 4 rings (SSSR count). The third kappa shape index (κ3) is 1.63. The Labute approximate surface area is 125 Å². The van der Waals surface area contributed by atoms with Crippen molar-refractivity contribution in [1.82, 2.24) is 0 Å². The van der Waals surface area contributed by atoms with E-state index >= 15 is 0 Å². The van der Waals surface area contributed by atoms with E-state index in [0.29, 0.717) is 5.92 Å². The molecule has 0 radical (unpaired) electrons. The molecule has 0 heterocycles. The average molecular weight is 272 g/mol. The summed E-state index contributed by atoms with van der Waals surface area (Å²) in [4.78, 5) is 11.5. The van der Waals surface area contributed by atoms with Crippen molar-refractivity contribution in [3.8, 4) is 23.5 Å². The van der Waals surface area contributed by atoms with Crippen LogP contribution >= 0.6 is 0 Å². The fourth-order valence-electron chi connectivity index (χ4n) is 4.12. The number of terminal acetylenes is 1. The molecule has 0 aliphatic heterocycles. The van der Waals surface area contributed by atoms with Crippen molar-refractivity contribution in [2.24, 2.45) is 0 Å². The van der Waals surface area contributed by atoms with Crippen molar-refractivity contribution in [3.63, 3.8) is 0 Å². The van der Waals surface area contributed by atoms with Crippen molar-refractivity contribution in [1.29, 1.82) is 0 Å². The second-order valence-electron chi connectivity index (χ2n) is 6.18. The lowest BCUT2D eigenvalue weighted by Crippen LogP contribution is -2.18. The van der Waals surface area contributed by atoms with E-state index in [1.54, 1.807) is 0 Å². The number of hydrogen-bond acceptors (Lipinski definition) is 1. The summed E-state index contributed by atoms with van der Waals surface area (Å²) in [5.41, 5.74) is 5.36. The van der Waals surface area contributed by atoms with Crippen LogP contribution < -0.4 is 0 Å². The first kappa shape index (κ1) is 12.4. The minimum atomic E-state index is -0.0923. The maximum atomic E-state index is 11.5. The van der Waals surface area contributed by atoms with E-state index in [1.165, 1.54) is 11.1 Å². The van der Waals surface area contributed by atoms with Gasteiger partial charge in [-0.05, 0) is 59.6 Å². The molecule has 2 aliphatic rings. The molecule has 0 saturated heterocycles. The van der Waals surface area contributed by atoms with Gasteiger partial charge in [0.25, 0.3) is 0 Å². The lowest BCUT2D eigenvalue weighted by Gasteiger charge is -2.24. The molecule has 2 unspecified atom stereocenters. The van der Waals surface area contributed by atoms with Crippen LogP contribution in [-0.2, 0) is 5.41 Å². The summed E-state index contributed by atoms with van der Waals surface area (Å²) in [6.07, 6.45) is 10.1. The molecule has 21 heavy (non-hydrogen) atoms. The summed E-state index contributed by atoms with van der Waals surface area (Å²) < 4.78 is 0. The van der Waals surface area contributed by atoms with Crippen LogP contribution in [-0.4, -0.2) is 6.29 Å². The molecule has 0 N–H and O–H groups in total. The van der Waals surface area contributed by atoms with Gasteiger partial charge in [0.15, 0.2) is 6.29 Å². The highest BCUT2D eigenvalue weighted by molar-refractivity contribution is 5.89. The van der Waals surface area contributed by atoms with Gasteiger partial charge in [0.1, 0.15) is 0 Å². The van der Waals surface area contributed by atoms with Crippen molar-refractivity contribution in [3.05, 3.63) is 59.2 Å². The first-order valence-corrected chi connectivity index (χ1v) is 7.44. The normalized spacial score (nSPS) is 25.4. The Bertz CT molecular complexity index is 766. The van der Waals surface area contributed by atoms with Crippen LogP contribution in [0, 0.1) is 12.3 Å². The van der Waals surface area contributed by atoms with Gasteiger partial charge in [0.05, 0.1) is 5.41 Å². The van der Waals surface area contributed by atoms with Crippen LogP contribution in [0.25, 0.3) is 11.1 Å². The molecule has 2 atom stereocenters. The second kappa shape index (κ2) is 4.33. The Kier molecular flexibility index (Phi) is 2.56. The van der Waals surface area contributed by atoms with Gasteiger partial charge in [-0.1, -0.05) is 36.3 Å². The van der Waals surface area contributed by atoms with Crippen molar-refractivity contribution in [2.75, 3.05) is 0 Å². The van der Waals surface area contributed by atoms with E-state index in [0.717, 1.165) is 42.2 Å². The van der Waals surface area contributed by atoms with Gasteiger partial charge in [0.2, 0.25) is 0 Å². The third-order valence-corrected chi connectivity index (χ3v) is 5.18. The fourth-order valence-corrected chi connectivity index (χ4v) is 4.12. The molecule has 2 aromatic carbocycles. The standard InChI is InChI=1S/C20H16O/c1-2-20-9-8-15(12-20)18-10-16(13-21)17(11-19(18)20)14-6-4-3-5-7-14/h1,3-7,10-11,13,15H,8-9,12H2. The molecule has 0 spiro atoms. The SMILES string of the molecule is C#CC12CCC(C1)c1cc(C=O)c(-c3ccccc3)cc12. The van der Waals surface area contributed by atoms with Gasteiger partial charge in [-0.2, -0.15) is 0 Å². The van der Waals surface area contributed by atoms with Gasteiger partial charge in [-0.25, -0.2) is 0 Å². The third-order valence-electron chi connectivity index (χ3n) is 5.18. The highest BCUT2D eigenvalue weighted by Crippen LogP contribution is 2.57. The van der Waals surface area contributed by atoms with Crippen LogP contribution in [0.3, 0.4) is 0 Å². The predicted molar refractivity (Wildman–Crippen MR) is 84.4 cm³/mol. The molecule has 2 aliphatic carbocycles. The highest BCUT2D eigenvalue weighted by Gasteiger charge is 2.48. The average Bonchev–Trinajstić information content (AvgIpc) is 3.12. The zero-order valence-corrected chi connectivity index (χ0v) is 11.8. The van der Waals surface area contributed by atoms with E-state index in [1.807, 2.05) is 30.3 Å². The largest absolute Gasteiger partial charge is 0.298 e. The van der Waals surface area contributed by atoms with E-state index in [2.05, 4.69) is 18.1 Å². The summed E-state index contributed by atoms with van der Waals surface area (Å²) in [6.45, 7) is 0. The van der Waals surface area contributed by atoms with E-state index < -0.39 is 0 Å². The number of benzene rings is 2. The van der Waals surface area contributed by atoms with Gasteiger partial charge in [-0.3, -0.25) is 4.79 Å². The topological polar surface area (TPSA) is 17.1 Å². The molecule has 1 nitrogen and oxygen atoms in total. The van der Waals surface area contributed by atoms with Gasteiger partial charge < -0.3 is 0 Å². The lowest BCUT2D eigenvalue weighted by atomic mass is 9.78. The molecule has 2 bridgehead atoms. The summed E-state index contributed by atoms with van der Waals surface area (Å²) in [6, 6.07) is 14.3. The Morgan fingerprint density at radius 1 is 1.24 bits per heavy atom. The van der Waals surface area contributed by atoms with Crippen LogP contribution in [0.1, 0.15) is 46.7 Å². The van der Waals surface area contributed by atoms with Gasteiger partial charge >= 0.3 is 0 Å². The molecule has 102 valence electrons. The first-order chi connectivity index (χ1) is 10.3. The van der Waals surface area contributed by atoms with Crippen LogP contribution in [0.4, 0.5) is 0 Å². The Balaban J connectivity index is 1.97. The molecule has 1 heteroatoms. The summed E-state index contributed by atoms with van der Waals surface area (Å²) >= 11 is 0. The van der Waals surface area contributed by atoms with Crippen molar-refractivity contribution >= 4 is 6.29 Å². The summed E-state index contributed by atoms with van der Waals surface area (Å²) in [7, 11) is 0. The molecule has 0 aromatic heterocycles. The smallest absolute Gasteiger partial charge is 0.150 e. The minimum absolute atomic E-state index is 0.0923. The summed E-state index contributed by atoms with van der Waals surface area (Å²) in [5, 5.41) is 0. The highest BCUT2D eigenvalue weighted by atomic mass is 16.1. The molecular formula is C20H16O. The van der Waals surface area contributed by atoms with Crippen LogP contribution in [0.5, 0.6) is 0 Å². The van der Waals surface area contributed by atoms with E-state index in [-0.39, 0.29) is 5.41 Å². The van der Waals surface area contributed by atoms with Crippen LogP contribution in [0.2, 0.25) is 0 Å². The second-order valence-corrected chi connectivity index (χ2v) is 6.18. The molecule has 2 aromatic rings. The van der Waals surface area contributed by atoms with E-state index in [9.17, 15) is 4.79 Å². The quantitative estimate of drug-likeness (QED) is 0.588. The number of hydrogen-bond donors (Lipinski definition) is 0. The molecule has 1 saturated carbocycles. The number of carbonyl (C=O) groups is 1. The fraction of sp³-hybridized carbons (Fsp3) is 0.250. The summed E-state index contributed by atoms with van der Waals surface area (Å²) in [5.74, 6) is 3.59. The van der Waals surface area contributed by atoms with Crippen molar-refractivity contribution in [2.45, 2.75) is 30.6 Å². The number of rotatable bonds is 2. The molecule has 0 amide bonds. The number of carbonyl (C=O) groups excluding carboxylic acids is 1. The first-order valence-electron chi connectivity index (χ1n) is 7.44. The Hall–Kier alpha value is -2.33. The number of aldehydes is 1.